The van der Waals surface area contributed by atoms with E-state index in [4.69, 9.17) is 5.11 Å². The van der Waals surface area contributed by atoms with E-state index in [-0.39, 0.29) is 0 Å². The summed E-state index contributed by atoms with van der Waals surface area (Å²) in [7, 11) is 0. The summed E-state index contributed by atoms with van der Waals surface area (Å²) in [6, 6.07) is 13.7. The standard InChI is InChI=1S/C18H21N3O2/c22-18(23)16-7-8-19-17(13-16)21-10-4-9-20(11-12-21)14-15-5-2-1-3-6-15/h1-3,5-8,13H,4,9-12,14H2,(H,22,23). The molecule has 0 saturated carbocycles. The van der Waals surface area contributed by atoms with Gasteiger partial charge in [0, 0.05) is 38.9 Å². The second-order valence-electron chi connectivity index (χ2n) is 5.81. The maximum Gasteiger partial charge on any atom is 0.335 e. The molecular formula is C18H21N3O2. The first-order chi connectivity index (χ1) is 11.2. The quantitative estimate of drug-likeness (QED) is 0.940. The molecule has 1 aromatic heterocycles. The van der Waals surface area contributed by atoms with E-state index in [2.05, 4.69) is 39.0 Å². The van der Waals surface area contributed by atoms with Crippen molar-refractivity contribution in [3.05, 3.63) is 59.8 Å². The molecule has 1 aliphatic rings. The molecule has 5 nitrogen and oxygen atoms in total. The minimum absolute atomic E-state index is 0.292. The lowest BCUT2D eigenvalue weighted by Gasteiger charge is -2.23. The summed E-state index contributed by atoms with van der Waals surface area (Å²) in [6.45, 7) is 4.72. The summed E-state index contributed by atoms with van der Waals surface area (Å²) >= 11 is 0. The normalized spacial score (nSPS) is 16.1. The number of pyridine rings is 1. The summed E-state index contributed by atoms with van der Waals surface area (Å²) < 4.78 is 0. The number of nitrogens with zero attached hydrogens (tertiary/aromatic N) is 3. The molecule has 1 saturated heterocycles. The monoisotopic (exact) mass is 311 g/mol. The van der Waals surface area contributed by atoms with Gasteiger partial charge in [0.15, 0.2) is 0 Å². The Balaban J connectivity index is 1.64. The Labute approximate surface area is 136 Å². The highest BCUT2D eigenvalue weighted by atomic mass is 16.4. The molecular weight excluding hydrogens is 290 g/mol. The average molecular weight is 311 g/mol. The molecule has 1 N–H and O–H groups in total. The maximum absolute atomic E-state index is 11.1. The van der Waals surface area contributed by atoms with Gasteiger partial charge in [0.25, 0.3) is 0 Å². The van der Waals surface area contributed by atoms with E-state index in [1.807, 2.05) is 6.07 Å². The Morgan fingerprint density at radius 2 is 1.91 bits per heavy atom. The van der Waals surface area contributed by atoms with E-state index in [1.165, 1.54) is 11.6 Å². The third kappa shape index (κ3) is 4.07. The fraction of sp³-hybridized carbons (Fsp3) is 0.333. The van der Waals surface area contributed by atoms with Crippen LogP contribution in [-0.2, 0) is 6.54 Å². The molecule has 0 radical (unpaired) electrons. The van der Waals surface area contributed by atoms with Crippen molar-refractivity contribution in [2.45, 2.75) is 13.0 Å². The maximum atomic E-state index is 11.1. The Hall–Kier alpha value is -2.40. The van der Waals surface area contributed by atoms with Crippen LogP contribution in [0.3, 0.4) is 0 Å². The summed E-state index contributed by atoms with van der Waals surface area (Å²) in [5.74, 6) is -0.152. The van der Waals surface area contributed by atoms with Gasteiger partial charge in [0.2, 0.25) is 0 Å². The molecule has 3 rings (SSSR count). The molecule has 2 heterocycles. The number of hydrogen-bond acceptors (Lipinski definition) is 4. The molecule has 0 spiro atoms. The minimum Gasteiger partial charge on any atom is -0.478 e. The first-order valence-electron chi connectivity index (χ1n) is 7.93. The summed E-state index contributed by atoms with van der Waals surface area (Å²) in [5, 5.41) is 9.11. The molecule has 0 aliphatic carbocycles. The number of hydrogen-bond donors (Lipinski definition) is 1. The lowest BCUT2D eigenvalue weighted by Crippen LogP contribution is -2.31. The van der Waals surface area contributed by atoms with Gasteiger partial charge in [-0.05, 0) is 24.1 Å². The first kappa shape index (κ1) is 15.5. The molecule has 1 fully saturated rings. The highest BCUT2D eigenvalue weighted by molar-refractivity contribution is 5.88. The summed E-state index contributed by atoms with van der Waals surface area (Å²) in [4.78, 5) is 20.1. The van der Waals surface area contributed by atoms with Crippen LogP contribution in [0.25, 0.3) is 0 Å². The van der Waals surface area contributed by atoms with E-state index in [1.54, 1.807) is 12.3 Å². The van der Waals surface area contributed by atoms with Crippen LogP contribution in [0.4, 0.5) is 5.82 Å². The second kappa shape index (κ2) is 7.24. The van der Waals surface area contributed by atoms with Gasteiger partial charge < -0.3 is 10.0 Å². The van der Waals surface area contributed by atoms with E-state index < -0.39 is 5.97 Å². The molecule has 0 amide bonds. The van der Waals surface area contributed by atoms with Crippen molar-refractivity contribution in [1.29, 1.82) is 0 Å². The van der Waals surface area contributed by atoms with Gasteiger partial charge in [0.1, 0.15) is 5.82 Å². The van der Waals surface area contributed by atoms with Crippen molar-refractivity contribution in [2.24, 2.45) is 0 Å². The molecule has 2 aromatic rings. The van der Waals surface area contributed by atoms with Crippen molar-refractivity contribution < 1.29 is 9.90 Å². The fourth-order valence-corrected chi connectivity index (χ4v) is 2.92. The highest BCUT2D eigenvalue weighted by Crippen LogP contribution is 2.16. The van der Waals surface area contributed by atoms with Crippen LogP contribution in [0.1, 0.15) is 22.3 Å². The third-order valence-corrected chi connectivity index (χ3v) is 4.15. The molecule has 0 unspecified atom stereocenters. The molecule has 23 heavy (non-hydrogen) atoms. The molecule has 1 aromatic carbocycles. The predicted molar refractivity (Wildman–Crippen MR) is 89.7 cm³/mol. The SMILES string of the molecule is O=C(O)c1ccnc(N2CCCN(Cc3ccccc3)CC2)c1. The van der Waals surface area contributed by atoms with E-state index in [9.17, 15) is 4.79 Å². The number of carboxylic acids is 1. The third-order valence-electron chi connectivity index (χ3n) is 4.15. The van der Waals surface area contributed by atoms with Crippen molar-refractivity contribution in [2.75, 3.05) is 31.1 Å². The van der Waals surface area contributed by atoms with Crippen molar-refractivity contribution >= 4 is 11.8 Å². The minimum atomic E-state index is -0.908. The van der Waals surface area contributed by atoms with Crippen molar-refractivity contribution in [3.8, 4) is 0 Å². The van der Waals surface area contributed by atoms with Crippen LogP contribution < -0.4 is 4.90 Å². The molecule has 5 heteroatoms. The lowest BCUT2D eigenvalue weighted by atomic mass is 10.2. The number of benzene rings is 1. The zero-order valence-electron chi connectivity index (χ0n) is 13.1. The zero-order valence-corrected chi connectivity index (χ0v) is 13.1. The van der Waals surface area contributed by atoms with Gasteiger partial charge in [-0.15, -0.1) is 0 Å². The second-order valence-corrected chi connectivity index (χ2v) is 5.81. The number of rotatable bonds is 4. The summed E-state index contributed by atoms with van der Waals surface area (Å²) in [5.41, 5.74) is 1.62. The van der Waals surface area contributed by atoms with Crippen LogP contribution in [0, 0.1) is 0 Å². The van der Waals surface area contributed by atoms with Crippen molar-refractivity contribution in [3.63, 3.8) is 0 Å². The van der Waals surface area contributed by atoms with Crippen LogP contribution in [0.2, 0.25) is 0 Å². The number of aromatic carboxylic acids is 1. The smallest absolute Gasteiger partial charge is 0.335 e. The zero-order chi connectivity index (χ0) is 16.1. The van der Waals surface area contributed by atoms with E-state index in [0.29, 0.717) is 5.56 Å². The fourth-order valence-electron chi connectivity index (χ4n) is 2.92. The molecule has 0 bridgehead atoms. The summed E-state index contributed by atoms with van der Waals surface area (Å²) in [6.07, 6.45) is 2.62. The van der Waals surface area contributed by atoms with E-state index >= 15 is 0 Å². The van der Waals surface area contributed by atoms with Gasteiger partial charge >= 0.3 is 5.97 Å². The Morgan fingerprint density at radius 1 is 1.09 bits per heavy atom. The van der Waals surface area contributed by atoms with Gasteiger partial charge in [-0.25, -0.2) is 9.78 Å². The van der Waals surface area contributed by atoms with Crippen LogP contribution in [0.5, 0.6) is 0 Å². The Morgan fingerprint density at radius 3 is 2.70 bits per heavy atom. The van der Waals surface area contributed by atoms with Crippen LogP contribution in [-0.4, -0.2) is 47.1 Å². The molecule has 0 atom stereocenters. The molecule has 1 aliphatic heterocycles. The topological polar surface area (TPSA) is 56.7 Å². The lowest BCUT2D eigenvalue weighted by molar-refractivity contribution is 0.0697. The highest BCUT2D eigenvalue weighted by Gasteiger charge is 2.17. The number of aromatic nitrogens is 1. The van der Waals surface area contributed by atoms with Gasteiger partial charge in [-0.2, -0.15) is 0 Å². The van der Waals surface area contributed by atoms with Crippen molar-refractivity contribution in [1.82, 2.24) is 9.88 Å². The van der Waals surface area contributed by atoms with Gasteiger partial charge in [-0.3, -0.25) is 4.90 Å². The predicted octanol–water partition coefficient (Wildman–Crippen LogP) is 2.49. The Kier molecular flexibility index (Phi) is 4.88. The van der Waals surface area contributed by atoms with Gasteiger partial charge in [0.05, 0.1) is 5.56 Å². The average Bonchev–Trinajstić information content (AvgIpc) is 2.81. The van der Waals surface area contributed by atoms with E-state index in [0.717, 1.165) is 45.0 Å². The first-order valence-corrected chi connectivity index (χ1v) is 7.93. The number of carbonyl (C=O) groups is 1. The Bertz CT molecular complexity index is 660. The number of carboxylic acid groups (broad SMARTS) is 1. The van der Waals surface area contributed by atoms with Crippen LogP contribution >= 0.6 is 0 Å². The van der Waals surface area contributed by atoms with Gasteiger partial charge in [-0.1, -0.05) is 30.3 Å². The molecule has 120 valence electrons. The largest absolute Gasteiger partial charge is 0.478 e. The van der Waals surface area contributed by atoms with Crippen LogP contribution in [0.15, 0.2) is 48.7 Å². The number of anilines is 1.